The summed E-state index contributed by atoms with van der Waals surface area (Å²) in [6.07, 6.45) is 2.73. The summed E-state index contributed by atoms with van der Waals surface area (Å²) in [6.45, 7) is 5.99. The van der Waals surface area contributed by atoms with E-state index in [1.165, 1.54) is 0 Å². The van der Waals surface area contributed by atoms with Gasteiger partial charge in [-0.05, 0) is 43.5 Å². The molecule has 182 valence electrons. The molecule has 0 spiro atoms. The van der Waals surface area contributed by atoms with Crippen LogP contribution in [0, 0.1) is 11.8 Å². The number of piperidine rings is 1. The van der Waals surface area contributed by atoms with Gasteiger partial charge in [0.2, 0.25) is 17.7 Å². The lowest BCUT2D eigenvalue weighted by Gasteiger charge is -2.32. The van der Waals surface area contributed by atoms with Gasteiger partial charge in [0.25, 0.3) is 0 Å². The fourth-order valence-corrected chi connectivity index (χ4v) is 5.41. The van der Waals surface area contributed by atoms with Gasteiger partial charge in [-0.2, -0.15) is 0 Å². The van der Waals surface area contributed by atoms with Gasteiger partial charge in [0.05, 0.1) is 15.1 Å². The number of ether oxygens (including phenoxy) is 1. The number of aromatic nitrogens is 1. The van der Waals surface area contributed by atoms with Gasteiger partial charge in [-0.25, -0.2) is 4.98 Å². The van der Waals surface area contributed by atoms with Crippen molar-refractivity contribution in [3.63, 3.8) is 0 Å². The molecule has 2 saturated heterocycles. The Morgan fingerprint density at radius 3 is 2.38 bits per heavy atom. The van der Waals surface area contributed by atoms with E-state index in [1.54, 1.807) is 31.3 Å². The number of carbonyl (C=O) groups is 2. The molecule has 34 heavy (non-hydrogen) atoms. The van der Waals surface area contributed by atoms with Crippen molar-refractivity contribution < 1.29 is 14.3 Å². The Kier molecular flexibility index (Phi) is 7.90. The fraction of sp³-hybridized carbons (Fsp3) is 0.480. The van der Waals surface area contributed by atoms with E-state index < -0.39 is 0 Å². The molecule has 0 N–H and O–H groups in total. The first kappa shape index (κ1) is 25.1. The molecule has 4 rings (SSSR count). The van der Waals surface area contributed by atoms with Gasteiger partial charge in [0.15, 0.2) is 0 Å². The highest BCUT2D eigenvalue weighted by Crippen LogP contribution is 2.39. The summed E-state index contributed by atoms with van der Waals surface area (Å²) in [7, 11) is 0. The van der Waals surface area contributed by atoms with Crippen molar-refractivity contribution in [2.75, 3.05) is 26.2 Å². The molecule has 1 aromatic heterocycles. The third-order valence-corrected chi connectivity index (χ3v) is 7.91. The van der Waals surface area contributed by atoms with Gasteiger partial charge in [0.1, 0.15) is 6.10 Å². The number of benzene rings is 1. The largest absolute Gasteiger partial charge is 0.474 e. The molecule has 2 aliphatic heterocycles. The zero-order valence-corrected chi connectivity index (χ0v) is 21.5. The van der Waals surface area contributed by atoms with E-state index in [9.17, 15) is 9.59 Å². The maximum atomic E-state index is 13.4. The molecule has 0 radical (unpaired) electrons. The minimum absolute atomic E-state index is 0.0379. The first-order valence-corrected chi connectivity index (χ1v) is 12.6. The highest BCUT2D eigenvalue weighted by Gasteiger charge is 2.42. The van der Waals surface area contributed by atoms with E-state index in [0.717, 1.165) is 5.56 Å². The monoisotopic (exact) mass is 523 g/mol. The van der Waals surface area contributed by atoms with Crippen LogP contribution in [0.3, 0.4) is 0 Å². The van der Waals surface area contributed by atoms with E-state index in [1.807, 2.05) is 28.9 Å². The summed E-state index contributed by atoms with van der Waals surface area (Å²) in [4.78, 5) is 33.1. The zero-order valence-electron chi connectivity index (χ0n) is 19.2. The van der Waals surface area contributed by atoms with Gasteiger partial charge < -0.3 is 14.5 Å². The zero-order chi connectivity index (χ0) is 24.4. The van der Waals surface area contributed by atoms with Crippen LogP contribution in [0.2, 0.25) is 15.1 Å². The van der Waals surface area contributed by atoms with Crippen LogP contribution in [0.25, 0.3) is 0 Å². The molecule has 2 fully saturated rings. The van der Waals surface area contributed by atoms with Crippen molar-refractivity contribution in [2.24, 2.45) is 11.8 Å². The predicted octanol–water partition coefficient (Wildman–Crippen LogP) is 5.31. The van der Waals surface area contributed by atoms with E-state index in [0.29, 0.717) is 60.0 Å². The first-order chi connectivity index (χ1) is 16.2. The van der Waals surface area contributed by atoms with E-state index in [4.69, 9.17) is 39.5 Å². The number of likely N-dealkylation sites (tertiary alicyclic amines) is 2. The molecule has 2 aliphatic rings. The Morgan fingerprint density at radius 2 is 1.76 bits per heavy atom. The van der Waals surface area contributed by atoms with Crippen LogP contribution in [0.15, 0.2) is 36.5 Å². The molecule has 3 heterocycles. The Bertz CT molecular complexity index is 1040. The Hall–Kier alpha value is -2.02. The summed E-state index contributed by atoms with van der Waals surface area (Å²) < 4.78 is 6.16. The fourth-order valence-electron chi connectivity index (χ4n) is 4.99. The normalized spacial score (nSPS) is 22.0. The maximum absolute atomic E-state index is 13.4. The second kappa shape index (κ2) is 10.7. The van der Waals surface area contributed by atoms with E-state index in [2.05, 4.69) is 4.98 Å². The smallest absolute Gasteiger partial charge is 0.225 e. The maximum Gasteiger partial charge on any atom is 0.225 e. The second-order valence-corrected chi connectivity index (χ2v) is 10.4. The third kappa shape index (κ3) is 5.61. The lowest BCUT2D eigenvalue weighted by Crippen LogP contribution is -2.43. The molecule has 6 nitrogen and oxygen atoms in total. The number of pyridine rings is 1. The van der Waals surface area contributed by atoms with Crippen LogP contribution >= 0.6 is 34.8 Å². The van der Waals surface area contributed by atoms with Crippen LogP contribution < -0.4 is 4.74 Å². The van der Waals surface area contributed by atoms with Crippen molar-refractivity contribution in [2.45, 2.75) is 38.7 Å². The quantitative estimate of drug-likeness (QED) is 0.532. The van der Waals surface area contributed by atoms with Crippen molar-refractivity contribution >= 4 is 46.6 Å². The lowest BCUT2D eigenvalue weighted by molar-refractivity contribution is -0.139. The summed E-state index contributed by atoms with van der Waals surface area (Å²) in [5.74, 6) is 0.708. The molecular formula is C25H28Cl3N3O3. The number of halogens is 3. The second-order valence-electron chi connectivity index (χ2n) is 9.11. The average molecular weight is 525 g/mol. The van der Waals surface area contributed by atoms with Crippen LogP contribution in [0.4, 0.5) is 0 Å². The predicted molar refractivity (Wildman–Crippen MR) is 134 cm³/mol. The number of nitrogens with zero attached hydrogens (tertiary/aromatic N) is 3. The van der Waals surface area contributed by atoms with Crippen LogP contribution in [0.1, 0.15) is 38.2 Å². The summed E-state index contributed by atoms with van der Waals surface area (Å²) in [5, 5.41) is 1.54. The third-order valence-electron chi connectivity index (χ3n) is 6.95. The van der Waals surface area contributed by atoms with Gasteiger partial charge in [-0.3, -0.25) is 9.59 Å². The number of carbonyl (C=O) groups excluding carboxylic acids is 2. The van der Waals surface area contributed by atoms with Gasteiger partial charge in [-0.1, -0.05) is 40.9 Å². The molecule has 0 unspecified atom stereocenters. The molecule has 1 aromatic carbocycles. The van der Waals surface area contributed by atoms with Crippen molar-refractivity contribution in [1.82, 2.24) is 14.8 Å². The van der Waals surface area contributed by atoms with Gasteiger partial charge in [0, 0.05) is 63.1 Å². The first-order valence-electron chi connectivity index (χ1n) is 11.5. The lowest BCUT2D eigenvalue weighted by atomic mass is 9.86. The molecule has 0 aliphatic carbocycles. The molecule has 9 heteroatoms. The Labute approximate surface area is 215 Å². The summed E-state index contributed by atoms with van der Waals surface area (Å²) in [5.41, 5.74) is 1.03. The number of amides is 2. The number of rotatable bonds is 5. The van der Waals surface area contributed by atoms with Crippen molar-refractivity contribution in [3.05, 3.63) is 57.2 Å². The number of hydrogen-bond donors (Lipinski definition) is 0. The summed E-state index contributed by atoms with van der Waals surface area (Å²) >= 11 is 18.4. The minimum Gasteiger partial charge on any atom is -0.474 e. The minimum atomic E-state index is -0.203. The van der Waals surface area contributed by atoms with Crippen molar-refractivity contribution in [1.29, 1.82) is 0 Å². The van der Waals surface area contributed by atoms with Crippen LogP contribution in [-0.2, 0) is 9.59 Å². The van der Waals surface area contributed by atoms with Crippen LogP contribution in [-0.4, -0.2) is 58.9 Å². The SMILES string of the molecule is CC(=O)N1CCC(C(=O)N2C[C@H]([C@H](C)Oc3ccc(Cl)cn3)[C@@H](c3ccc(Cl)c(Cl)c3)C2)CC1. The highest BCUT2D eigenvalue weighted by molar-refractivity contribution is 6.42. The molecule has 2 amide bonds. The highest BCUT2D eigenvalue weighted by atomic mass is 35.5. The van der Waals surface area contributed by atoms with Gasteiger partial charge >= 0.3 is 0 Å². The molecular weight excluding hydrogens is 497 g/mol. The Balaban J connectivity index is 1.52. The molecule has 0 saturated carbocycles. The Morgan fingerprint density at radius 1 is 1.03 bits per heavy atom. The molecule has 2 aromatic rings. The average Bonchev–Trinajstić information content (AvgIpc) is 3.27. The molecule has 0 bridgehead atoms. The number of hydrogen-bond acceptors (Lipinski definition) is 4. The molecule has 3 atom stereocenters. The standard InChI is InChI=1S/C25H28Cl3N3O3/c1-15(34-24-6-4-19(26)12-29-24)20-13-31(14-21(20)18-3-5-22(27)23(28)11-18)25(33)17-7-9-30(10-8-17)16(2)32/h3-6,11-12,15,17,20-21H,7-10,13-14H2,1-2H3/t15-,20+,21+/m0/s1. The topological polar surface area (TPSA) is 62.7 Å². The van der Waals surface area contributed by atoms with Gasteiger partial charge in [-0.15, -0.1) is 0 Å². The van der Waals surface area contributed by atoms with Crippen molar-refractivity contribution in [3.8, 4) is 5.88 Å². The van der Waals surface area contributed by atoms with E-state index in [-0.39, 0.29) is 35.7 Å². The van der Waals surface area contributed by atoms with E-state index >= 15 is 0 Å². The summed E-state index contributed by atoms with van der Waals surface area (Å²) in [6, 6.07) is 9.13. The van der Waals surface area contributed by atoms with Crippen LogP contribution in [0.5, 0.6) is 5.88 Å².